The molecule has 2 nitrogen and oxygen atoms in total. The van der Waals surface area contributed by atoms with Crippen molar-refractivity contribution in [1.29, 1.82) is 0 Å². The minimum absolute atomic E-state index is 0.192. The van der Waals surface area contributed by atoms with Crippen LogP contribution in [0.1, 0.15) is 16.1 Å². The molecule has 0 saturated carbocycles. The third-order valence-corrected chi connectivity index (χ3v) is 3.33. The Labute approximate surface area is 96.2 Å². The molecule has 0 saturated heterocycles. The molecule has 1 aromatic rings. The highest BCUT2D eigenvalue weighted by Crippen LogP contribution is 2.22. The molecule has 4 heteroatoms. The van der Waals surface area contributed by atoms with Crippen molar-refractivity contribution in [3.8, 4) is 0 Å². The van der Waals surface area contributed by atoms with Crippen molar-refractivity contribution in [2.45, 2.75) is 6.42 Å². The van der Waals surface area contributed by atoms with Crippen LogP contribution in [0.4, 0.5) is 0 Å². The molecule has 1 N–H and O–H groups in total. The van der Waals surface area contributed by atoms with Gasteiger partial charge in [0.2, 0.25) is 0 Å². The van der Waals surface area contributed by atoms with Crippen LogP contribution < -0.4 is 5.32 Å². The Morgan fingerprint density at radius 2 is 2.43 bits per heavy atom. The molecule has 0 bridgehead atoms. The summed E-state index contributed by atoms with van der Waals surface area (Å²) in [5, 5.41) is 3.10. The standard InChI is InChI=1S/C10H12BrNOS/c1-2-6-12-7-5-8(13)9-3-4-10(11)14-9/h2-4,12H,1,5-7H2. The predicted octanol–water partition coefficient (Wildman–Crippen LogP) is 2.86. The molecule has 76 valence electrons. The van der Waals surface area contributed by atoms with Crippen molar-refractivity contribution in [1.82, 2.24) is 5.32 Å². The van der Waals surface area contributed by atoms with Gasteiger partial charge in [0.15, 0.2) is 5.78 Å². The average Bonchev–Trinajstić information content (AvgIpc) is 2.59. The molecule has 0 radical (unpaired) electrons. The Balaban J connectivity index is 2.32. The average molecular weight is 274 g/mol. The molecule has 0 atom stereocenters. The van der Waals surface area contributed by atoms with Gasteiger partial charge in [-0.05, 0) is 28.1 Å². The van der Waals surface area contributed by atoms with Crippen molar-refractivity contribution in [3.05, 3.63) is 33.5 Å². The Bertz CT molecular complexity index is 322. The summed E-state index contributed by atoms with van der Waals surface area (Å²) in [5.74, 6) is 0.192. The van der Waals surface area contributed by atoms with Crippen LogP contribution >= 0.6 is 27.3 Å². The van der Waals surface area contributed by atoms with Gasteiger partial charge >= 0.3 is 0 Å². The van der Waals surface area contributed by atoms with Gasteiger partial charge in [-0.1, -0.05) is 6.08 Å². The van der Waals surface area contributed by atoms with Gasteiger partial charge in [0.05, 0.1) is 8.66 Å². The van der Waals surface area contributed by atoms with E-state index in [2.05, 4.69) is 27.8 Å². The summed E-state index contributed by atoms with van der Waals surface area (Å²) in [6.45, 7) is 5.05. The Morgan fingerprint density at radius 1 is 1.64 bits per heavy atom. The first-order valence-electron chi connectivity index (χ1n) is 4.34. The number of rotatable bonds is 6. The zero-order valence-corrected chi connectivity index (χ0v) is 10.2. The van der Waals surface area contributed by atoms with Crippen LogP contribution in [-0.2, 0) is 0 Å². The number of hydrogen-bond acceptors (Lipinski definition) is 3. The molecule has 0 aliphatic heterocycles. The highest BCUT2D eigenvalue weighted by Gasteiger charge is 2.07. The normalized spacial score (nSPS) is 10.1. The van der Waals surface area contributed by atoms with E-state index in [9.17, 15) is 4.79 Å². The lowest BCUT2D eigenvalue weighted by atomic mass is 10.2. The van der Waals surface area contributed by atoms with Crippen molar-refractivity contribution in [2.24, 2.45) is 0 Å². The van der Waals surface area contributed by atoms with E-state index < -0.39 is 0 Å². The first-order chi connectivity index (χ1) is 6.74. The monoisotopic (exact) mass is 273 g/mol. The topological polar surface area (TPSA) is 29.1 Å². The van der Waals surface area contributed by atoms with Crippen LogP contribution in [0.3, 0.4) is 0 Å². The maximum Gasteiger partial charge on any atom is 0.174 e. The molecule has 0 aromatic carbocycles. The Kier molecular flexibility index (Phi) is 5.07. The Morgan fingerprint density at radius 3 is 3.00 bits per heavy atom. The van der Waals surface area contributed by atoms with E-state index in [0.717, 1.165) is 15.2 Å². The molecular formula is C10H12BrNOS. The fourth-order valence-corrected chi connectivity index (χ4v) is 2.35. The second-order valence-electron chi connectivity index (χ2n) is 2.77. The second-order valence-corrected chi connectivity index (χ2v) is 5.23. The van der Waals surface area contributed by atoms with Crippen LogP contribution in [0.25, 0.3) is 0 Å². The molecular weight excluding hydrogens is 262 g/mol. The fourth-order valence-electron chi connectivity index (χ4n) is 0.993. The highest BCUT2D eigenvalue weighted by atomic mass is 79.9. The van der Waals surface area contributed by atoms with Crippen LogP contribution in [-0.4, -0.2) is 18.9 Å². The summed E-state index contributed by atoms with van der Waals surface area (Å²) >= 11 is 4.81. The molecule has 0 spiro atoms. The summed E-state index contributed by atoms with van der Waals surface area (Å²) in [7, 11) is 0. The van der Waals surface area contributed by atoms with Gasteiger partial charge < -0.3 is 5.32 Å². The summed E-state index contributed by atoms with van der Waals surface area (Å²) in [6, 6.07) is 3.75. The maximum absolute atomic E-state index is 11.5. The lowest BCUT2D eigenvalue weighted by Crippen LogP contribution is -2.17. The smallest absolute Gasteiger partial charge is 0.174 e. The third kappa shape index (κ3) is 3.74. The SMILES string of the molecule is C=CCNCCC(=O)c1ccc(Br)s1. The summed E-state index contributed by atoms with van der Waals surface area (Å²) in [6.07, 6.45) is 2.33. The Hall–Kier alpha value is -0.450. The predicted molar refractivity (Wildman–Crippen MR) is 64.0 cm³/mol. The van der Waals surface area contributed by atoms with Crippen LogP contribution in [0.15, 0.2) is 28.6 Å². The van der Waals surface area contributed by atoms with Gasteiger partial charge in [0.25, 0.3) is 0 Å². The number of hydrogen-bond donors (Lipinski definition) is 1. The van der Waals surface area contributed by atoms with Gasteiger partial charge in [0, 0.05) is 19.5 Å². The summed E-state index contributed by atoms with van der Waals surface area (Å²) in [4.78, 5) is 12.4. The maximum atomic E-state index is 11.5. The van der Waals surface area contributed by atoms with Crippen molar-refractivity contribution in [3.63, 3.8) is 0 Å². The van der Waals surface area contributed by atoms with Gasteiger partial charge in [-0.3, -0.25) is 4.79 Å². The zero-order chi connectivity index (χ0) is 10.4. The zero-order valence-electron chi connectivity index (χ0n) is 7.75. The molecule has 1 heterocycles. The van der Waals surface area contributed by atoms with Gasteiger partial charge in [-0.25, -0.2) is 0 Å². The number of carbonyl (C=O) groups excluding carboxylic acids is 1. The summed E-state index contributed by atoms with van der Waals surface area (Å²) < 4.78 is 1.000. The molecule has 0 unspecified atom stereocenters. The second kappa shape index (κ2) is 6.11. The van der Waals surface area contributed by atoms with Crippen molar-refractivity contribution >= 4 is 33.0 Å². The third-order valence-electron chi connectivity index (χ3n) is 1.67. The fraction of sp³-hybridized carbons (Fsp3) is 0.300. The van der Waals surface area contributed by atoms with E-state index >= 15 is 0 Å². The number of carbonyl (C=O) groups is 1. The first-order valence-corrected chi connectivity index (χ1v) is 5.95. The minimum Gasteiger partial charge on any atom is -0.313 e. The van der Waals surface area contributed by atoms with E-state index in [1.165, 1.54) is 11.3 Å². The molecule has 0 fully saturated rings. The molecule has 0 aliphatic carbocycles. The lowest BCUT2D eigenvalue weighted by Gasteiger charge is -1.98. The van der Waals surface area contributed by atoms with E-state index in [0.29, 0.717) is 13.0 Å². The van der Waals surface area contributed by atoms with Crippen LogP contribution in [0, 0.1) is 0 Å². The number of nitrogens with one attached hydrogen (secondary N) is 1. The lowest BCUT2D eigenvalue weighted by molar-refractivity contribution is 0.0987. The molecule has 0 amide bonds. The van der Waals surface area contributed by atoms with E-state index in [4.69, 9.17) is 0 Å². The van der Waals surface area contributed by atoms with Crippen LogP contribution in [0.2, 0.25) is 0 Å². The number of ketones is 1. The first kappa shape index (κ1) is 11.6. The van der Waals surface area contributed by atoms with Crippen LogP contribution in [0.5, 0.6) is 0 Å². The van der Waals surface area contributed by atoms with Gasteiger partial charge in [-0.15, -0.1) is 17.9 Å². The number of Topliss-reactive ketones (excluding diaryl/α,β-unsaturated/α-hetero) is 1. The number of halogens is 1. The molecule has 14 heavy (non-hydrogen) atoms. The molecule has 1 rings (SSSR count). The van der Waals surface area contributed by atoms with Crippen molar-refractivity contribution in [2.75, 3.05) is 13.1 Å². The van der Waals surface area contributed by atoms with Crippen molar-refractivity contribution < 1.29 is 4.79 Å². The highest BCUT2D eigenvalue weighted by molar-refractivity contribution is 9.11. The van der Waals surface area contributed by atoms with E-state index in [1.54, 1.807) is 6.08 Å². The summed E-state index contributed by atoms with van der Waals surface area (Å²) in [5.41, 5.74) is 0. The van der Waals surface area contributed by atoms with Gasteiger partial charge in [-0.2, -0.15) is 0 Å². The minimum atomic E-state index is 0.192. The molecule has 0 aliphatic rings. The van der Waals surface area contributed by atoms with E-state index in [1.807, 2.05) is 12.1 Å². The quantitative estimate of drug-likeness (QED) is 0.491. The number of thiophene rings is 1. The van der Waals surface area contributed by atoms with Gasteiger partial charge in [0.1, 0.15) is 0 Å². The largest absolute Gasteiger partial charge is 0.313 e. The molecule has 1 aromatic heterocycles. The van der Waals surface area contributed by atoms with E-state index in [-0.39, 0.29) is 5.78 Å².